The Kier molecular flexibility index (Phi) is 2.19. The first-order valence-electron chi connectivity index (χ1n) is 5.75. The zero-order valence-electron chi connectivity index (χ0n) is 8.57. The van der Waals surface area contributed by atoms with Gasteiger partial charge in [-0.3, -0.25) is 15.5 Å². The van der Waals surface area contributed by atoms with E-state index in [-0.39, 0.29) is 5.92 Å². The smallest absolute Gasteiger partial charge is 0.306 e. The molecule has 0 radical (unpaired) electrons. The third kappa shape index (κ3) is 1.46. The summed E-state index contributed by atoms with van der Waals surface area (Å²) in [6.45, 7) is 0. The Morgan fingerprint density at radius 2 is 2.07 bits per heavy atom. The highest BCUT2D eigenvalue weighted by atomic mass is 16.4. The van der Waals surface area contributed by atoms with Crippen LogP contribution in [-0.4, -0.2) is 29.3 Å². The molecule has 2 saturated heterocycles. The molecule has 0 bridgehead atoms. The maximum Gasteiger partial charge on any atom is 0.306 e. The summed E-state index contributed by atoms with van der Waals surface area (Å²) in [5.41, 5.74) is 6.52. The number of hydrogen-bond donors (Lipinski definition) is 4. The second kappa shape index (κ2) is 3.43. The van der Waals surface area contributed by atoms with Crippen LogP contribution in [0.1, 0.15) is 25.7 Å². The lowest BCUT2D eigenvalue weighted by molar-refractivity contribution is -0.143. The molecule has 1 aliphatic carbocycles. The normalized spacial score (nSPS) is 48.7. The van der Waals surface area contributed by atoms with Gasteiger partial charge in [0, 0.05) is 18.0 Å². The van der Waals surface area contributed by atoms with E-state index in [9.17, 15) is 4.79 Å². The number of carboxylic acids is 1. The highest BCUT2D eigenvalue weighted by Gasteiger charge is 2.50. The standard InChI is InChI=1S/C10H17N3O2/c14-10(15)5-2-1-3-6-8-7(4-5)11-9(8)13-12-6/h5-9,11-13H,1-4H2,(H,14,15). The summed E-state index contributed by atoms with van der Waals surface area (Å²) in [5.74, 6) is -0.185. The van der Waals surface area contributed by atoms with Crippen LogP contribution < -0.4 is 16.2 Å². The van der Waals surface area contributed by atoms with E-state index in [2.05, 4.69) is 16.2 Å². The molecule has 0 spiro atoms. The fourth-order valence-electron chi connectivity index (χ4n) is 3.23. The molecule has 5 atom stereocenters. The van der Waals surface area contributed by atoms with Crippen LogP contribution in [-0.2, 0) is 4.79 Å². The molecular weight excluding hydrogens is 194 g/mol. The number of nitrogens with one attached hydrogen (secondary N) is 3. The van der Waals surface area contributed by atoms with Gasteiger partial charge in [-0.2, -0.15) is 0 Å². The molecule has 3 rings (SSSR count). The summed E-state index contributed by atoms with van der Waals surface area (Å²) in [5, 5.41) is 12.5. The maximum absolute atomic E-state index is 11.0. The van der Waals surface area contributed by atoms with E-state index in [4.69, 9.17) is 5.11 Å². The number of hydrazine groups is 1. The second-order valence-corrected chi connectivity index (χ2v) is 4.93. The van der Waals surface area contributed by atoms with Crippen molar-refractivity contribution >= 4 is 5.97 Å². The SMILES string of the molecule is O=C(O)C1CCCC2NNC3NC(C1)C23. The average molecular weight is 211 g/mol. The van der Waals surface area contributed by atoms with E-state index in [0.29, 0.717) is 24.2 Å². The molecule has 84 valence electrons. The highest BCUT2D eigenvalue weighted by Crippen LogP contribution is 2.36. The van der Waals surface area contributed by atoms with Crippen LogP contribution in [0.2, 0.25) is 0 Å². The van der Waals surface area contributed by atoms with E-state index in [1.807, 2.05) is 0 Å². The van der Waals surface area contributed by atoms with E-state index in [0.717, 1.165) is 25.7 Å². The highest BCUT2D eigenvalue weighted by molar-refractivity contribution is 5.70. The van der Waals surface area contributed by atoms with Crippen molar-refractivity contribution in [1.82, 2.24) is 16.2 Å². The van der Waals surface area contributed by atoms with Gasteiger partial charge < -0.3 is 5.11 Å². The summed E-state index contributed by atoms with van der Waals surface area (Å²) in [6.07, 6.45) is 4.09. The van der Waals surface area contributed by atoms with E-state index in [1.165, 1.54) is 0 Å². The minimum absolute atomic E-state index is 0.148. The maximum atomic E-state index is 11.0. The first-order chi connectivity index (χ1) is 7.25. The molecule has 5 heteroatoms. The third-order valence-corrected chi connectivity index (χ3v) is 4.09. The van der Waals surface area contributed by atoms with Crippen LogP contribution >= 0.6 is 0 Å². The summed E-state index contributed by atoms with van der Waals surface area (Å²) in [4.78, 5) is 11.0. The van der Waals surface area contributed by atoms with Gasteiger partial charge in [-0.05, 0) is 19.3 Å². The lowest BCUT2D eigenvalue weighted by atomic mass is 9.74. The molecule has 2 heterocycles. The molecule has 15 heavy (non-hydrogen) atoms. The summed E-state index contributed by atoms with van der Waals surface area (Å²) in [7, 11) is 0. The number of hydrogen-bond acceptors (Lipinski definition) is 4. The molecule has 4 N–H and O–H groups in total. The Balaban J connectivity index is 1.72. The van der Waals surface area contributed by atoms with Gasteiger partial charge in [-0.25, -0.2) is 5.43 Å². The van der Waals surface area contributed by atoms with Crippen LogP contribution in [0.5, 0.6) is 0 Å². The largest absolute Gasteiger partial charge is 0.481 e. The van der Waals surface area contributed by atoms with Gasteiger partial charge in [-0.1, -0.05) is 6.42 Å². The summed E-state index contributed by atoms with van der Waals surface area (Å²) in [6, 6.07) is 0.930. The number of aliphatic carboxylic acids is 1. The molecule has 1 saturated carbocycles. The monoisotopic (exact) mass is 211 g/mol. The molecule has 5 unspecified atom stereocenters. The van der Waals surface area contributed by atoms with Gasteiger partial charge in [-0.15, -0.1) is 0 Å². The number of carbonyl (C=O) groups is 1. The molecule has 3 fully saturated rings. The Morgan fingerprint density at radius 3 is 2.87 bits per heavy atom. The predicted molar refractivity (Wildman–Crippen MR) is 53.9 cm³/mol. The zero-order valence-corrected chi connectivity index (χ0v) is 8.57. The van der Waals surface area contributed by atoms with Crippen molar-refractivity contribution in [1.29, 1.82) is 0 Å². The Morgan fingerprint density at radius 1 is 1.20 bits per heavy atom. The van der Waals surface area contributed by atoms with Crippen molar-refractivity contribution < 1.29 is 9.90 Å². The van der Waals surface area contributed by atoms with Crippen LogP contribution in [0, 0.1) is 11.8 Å². The average Bonchev–Trinajstić information content (AvgIpc) is 2.45. The van der Waals surface area contributed by atoms with Crippen LogP contribution in [0.25, 0.3) is 0 Å². The molecule has 0 aromatic carbocycles. The Bertz CT molecular complexity index is 284. The lowest BCUT2D eigenvalue weighted by Crippen LogP contribution is -2.65. The van der Waals surface area contributed by atoms with E-state index >= 15 is 0 Å². The van der Waals surface area contributed by atoms with Gasteiger partial charge in [0.1, 0.15) is 0 Å². The van der Waals surface area contributed by atoms with E-state index < -0.39 is 5.97 Å². The first kappa shape index (κ1) is 9.57. The topological polar surface area (TPSA) is 73.4 Å². The molecule has 0 aromatic heterocycles. The Hall–Kier alpha value is -0.650. The fourth-order valence-corrected chi connectivity index (χ4v) is 3.23. The van der Waals surface area contributed by atoms with Crippen LogP contribution in [0.4, 0.5) is 0 Å². The number of rotatable bonds is 1. The van der Waals surface area contributed by atoms with Crippen molar-refractivity contribution in [2.45, 2.75) is 43.9 Å². The third-order valence-electron chi connectivity index (χ3n) is 4.09. The molecule has 5 nitrogen and oxygen atoms in total. The summed E-state index contributed by atoms with van der Waals surface area (Å²) < 4.78 is 0. The van der Waals surface area contributed by atoms with Crippen molar-refractivity contribution in [3.05, 3.63) is 0 Å². The van der Waals surface area contributed by atoms with Gasteiger partial charge in [0.05, 0.1) is 12.1 Å². The Labute approximate surface area is 88.6 Å². The first-order valence-corrected chi connectivity index (χ1v) is 5.75. The van der Waals surface area contributed by atoms with Crippen molar-refractivity contribution in [2.24, 2.45) is 11.8 Å². The zero-order chi connectivity index (χ0) is 10.4. The van der Waals surface area contributed by atoms with Crippen molar-refractivity contribution in [3.63, 3.8) is 0 Å². The van der Waals surface area contributed by atoms with Gasteiger partial charge in [0.25, 0.3) is 0 Å². The molecule has 0 amide bonds. The lowest BCUT2D eigenvalue weighted by Gasteiger charge is -2.45. The molecule has 0 aromatic rings. The van der Waals surface area contributed by atoms with Crippen LogP contribution in [0.3, 0.4) is 0 Å². The quantitative estimate of drug-likeness (QED) is 0.477. The van der Waals surface area contributed by atoms with Gasteiger partial charge in [0.2, 0.25) is 0 Å². The molecule has 2 aliphatic heterocycles. The fraction of sp³-hybridized carbons (Fsp3) is 0.900. The van der Waals surface area contributed by atoms with Crippen molar-refractivity contribution in [3.8, 4) is 0 Å². The van der Waals surface area contributed by atoms with E-state index in [1.54, 1.807) is 0 Å². The van der Waals surface area contributed by atoms with Crippen molar-refractivity contribution in [2.75, 3.05) is 0 Å². The van der Waals surface area contributed by atoms with Gasteiger partial charge in [0.15, 0.2) is 0 Å². The molecule has 3 aliphatic rings. The molecular formula is C10H17N3O2. The number of carboxylic acid groups (broad SMARTS) is 1. The minimum Gasteiger partial charge on any atom is -0.481 e. The van der Waals surface area contributed by atoms with Crippen LogP contribution in [0.15, 0.2) is 0 Å². The summed E-state index contributed by atoms with van der Waals surface area (Å²) >= 11 is 0. The second-order valence-electron chi connectivity index (χ2n) is 4.93. The van der Waals surface area contributed by atoms with Gasteiger partial charge >= 0.3 is 5.97 Å². The predicted octanol–water partition coefficient (Wildman–Crippen LogP) is -0.348. The minimum atomic E-state index is -0.627.